The van der Waals surface area contributed by atoms with Gasteiger partial charge in [0.1, 0.15) is 0 Å². The van der Waals surface area contributed by atoms with Gasteiger partial charge in [0.2, 0.25) is 0 Å². The van der Waals surface area contributed by atoms with Crippen molar-refractivity contribution in [1.29, 1.82) is 0 Å². The second kappa shape index (κ2) is 6.71. The Hall–Kier alpha value is -0.770. The van der Waals surface area contributed by atoms with Gasteiger partial charge in [0.25, 0.3) is 0 Å². The zero-order valence-corrected chi connectivity index (χ0v) is 8.36. The Morgan fingerprint density at radius 3 is 2.23 bits per heavy atom. The molecule has 4 heteroatoms. The number of nitrogens with zero attached hydrogens (tertiary/aromatic N) is 1. The van der Waals surface area contributed by atoms with Gasteiger partial charge in [-0.1, -0.05) is 26.7 Å². The summed E-state index contributed by atoms with van der Waals surface area (Å²) in [6.45, 7) is 4.74. The number of carboxylic acid groups (broad SMARTS) is 1. The van der Waals surface area contributed by atoms with E-state index < -0.39 is 6.09 Å². The van der Waals surface area contributed by atoms with Crippen LogP contribution in [0.3, 0.4) is 0 Å². The summed E-state index contributed by atoms with van der Waals surface area (Å²) in [7, 11) is 0. The Balaban J connectivity index is 3.99. The third kappa shape index (κ3) is 4.72. The average molecular weight is 189 g/mol. The van der Waals surface area contributed by atoms with Gasteiger partial charge in [0.05, 0.1) is 6.61 Å². The monoisotopic (exact) mass is 189 g/mol. The van der Waals surface area contributed by atoms with E-state index in [0.29, 0.717) is 12.5 Å². The number of aliphatic hydroxyl groups is 1. The molecule has 4 nitrogen and oxygen atoms in total. The first kappa shape index (κ1) is 12.2. The lowest BCUT2D eigenvalue weighted by molar-refractivity contribution is 0.122. The minimum Gasteiger partial charge on any atom is -0.465 e. The molecule has 2 N–H and O–H groups in total. The first-order valence-electron chi connectivity index (χ1n) is 4.74. The van der Waals surface area contributed by atoms with E-state index in [1.54, 1.807) is 0 Å². The molecule has 0 fully saturated rings. The number of aliphatic hydroxyl groups excluding tert-OH is 1. The Morgan fingerprint density at radius 2 is 1.92 bits per heavy atom. The topological polar surface area (TPSA) is 60.8 Å². The number of hydrogen-bond donors (Lipinski definition) is 2. The van der Waals surface area contributed by atoms with E-state index in [-0.39, 0.29) is 13.2 Å². The molecule has 0 aromatic carbocycles. The van der Waals surface area contributed by atoms with E-state index in [0.717, 1.165) is 12.8 Å². The van der Waals surface area contributed by atoms with E-state index >= 15 is 0 Å². The molecule has 0 rings (SSSR count). The van der Waals surface area contributed by atoms with E-state index in [1.807, 2.05) is 13.8 Å². The van der Waals surface area contributed by atoms with Gasteiger partial charge in [-0.15, -0.1) is 0 Å². The molecule has 0 heterocycles. The summed E-state index contributed by atoms with van der Waals surface area (Å²) in [5.74, 6) is 0.405. The third-order valence-corrected chi connectivity index (χ3v) is 2.27. The van der Waals surface area contributed by atoms with Crippen LogP contribution >= 0.6 is 0 Å². The van der Waals surface area contributed by atoms with Crippen molar-refractivity contribution in [2.45, 2.75) is 26.7 Å². The normalized spacial score (nSPS) is 10.5. The van der Waals surface area contributed by atoms with Gasteiger partial charge in [0, 0.05) is 13.1 Å². The van der Waals surface area contributed by atoms with Crippen molar-refractivity contribution in [1.82, 2.24) is 4.90 Å². The number of carbonyl (C=O) groups is 1. The van der Waals surface area contributed by atoms with Crippen molar-refractivity contribution < 1.29 is 15.0 Å². The van der Waals surface area contributed by atoms with Gasteiger partial charge in [-0.05, 0) is 5.92 Å². The van der Waals surface area contributed by atoms with E-state index in [4.69, 9.17) is 10.2 Å². The molecule has 0 saturated heterocycles. The number of rotatable bonds is 6. The fourth-order valence-corrected chi connectivity index (χ4v) is 1.24. The summed E-state index contributed by atoms with van der Waals surface area (Å²) in [6.07, 6.45) is 1.01. The van der Waals surface area contributed by atoms with Crippen LogP contribution in [0, 0.1) is 5.92 Å². The minimum atomic E-state index is -0.944. The molecule has 0 aliphatic heterocycles. The van der Waals surface area contributed by atoms with Crippen molar-refractivity contribution in [3.05, 3.63) is 0 Å². The second-order valence-corrected chi connectivity index (χ2v) is 3.13. The summed E-state index contributed by atoms with van der Waals surface area (Å²) in [5.41, 5.74) is 0. The van der Waals surface area contributed by atoms with Crippen LogP contribution in [0.25, 0.3) is 0 Å². The van der Waals surface area contributed by atoms with E-state index in [2.05, 4.69) is 0 Å². The standard InChI is InChI=1S/C9H19NO3/c1-3-8(4-2)7-10(5-6-11)9(12)13/h8,11H,3-7H2,1-2H3,(H,12,13). The Bertz CT molecular complexity index is 146. The van der Waals surface area contributed by atoms with Crippen molar-refractivity contribution in [2.75, 3.05) is 19.7 Å². The van der Waals surface area contributed by atoms with Crippen LogP contribution in [0.2, 0.25) is 0 Å². The van der Waals surface area contributed by atoms with Crippen LogP contribution in [-0.4, -0.2) is 40.9 Å². The van der Waals surface area contributed by atoms with Crippen LogP contribution in [0.1, 0.15) is 26.7 Å². The zero-order valence-electron chi connectivity index (χ0n) is 8.36. The lowest BCUT2D eigenvalue weighted by atomic mass is 10.0. The molecule has 0 aliphatic rings. The van der Waals surface area contributed by atoms with Crippen LogP contribution in [0.4, 0.5) is 4.79 Å². The minimum absolute atomic E-state index is 0.105. The second-order valence-electron chi connectivity index (χ2n) is 3.13. The first-order valence-corrected chi connectivity index (χ1v) is 4.74. The van der Waals surface area contributed by atoms with Crippen LogP contribution in [0.5, 0.6) is 0 Å². The van der Waals surface area contributed by atoms with Crippen molar-refractivity contribution in [3.63, 3.8) is 0 Å². The fraction of sp³-hybridized carbons (Fsp3) is 0.889. The Morgan fingerprint density at radius 1 is 1.38 bits per heavy atom. The number of hydrogen-bond acceptors (Lipinski definition) is 2. The Labute approximate surface area is 79.2 Å². The lowest BCUT2D eigenvalue weighted by Gasteiger charge is -2.22. The molecule has 0 unspecified atom stereocenters. The van der Waals surface area contributed by atoms with Gasteiger partial charge < -0.3 is 15.1 Å². The van der Waals surface area contributed by atoms with E-state index in [1.165, 1.54) is 4.90 Å². The van der Waals surface area contributed by atoms with Crippen molar-refractivity contribution >= 4 is 6.09 Å². The highest BCUT2D eigenvalue weighted by molar-refractivity contribution is 5.64. The zero-order chi connectivity index (χ0) is 10.3. The quantitative estimate of drug-likeness (QED) is 0.663. The smallest absolute Gasteiger partial charge is 0.407 e. The van der Waals surface area contributed by atoms with Gasteiger partial charge in [-0.25, -0.2) is 4.79 Å². The van der Waals surface area contributed by atoms with Gasteiger partial charge in [-0.3, -0.25) is 0 Å². The summed E-state index contributed by atoms with van der Waals surface area (Å²) < 4.78 is 0. The summed E-state index contributed by atoms with van der Waals surface area (Å²) in [5, 5.41) is 17.4. The fourth-order valence-electron chi connectivity index (χ4n) is 1.24. The molecule has 0 spiro atoms. The molecule has 0 bridgehead atoms. The van der Waals surface area contributed by atoms with Crippen LogP contribution < -0.4 is 0 Å². The lowest BCUT2D eigenvalue weighted by Crippen LogP contribution is -2.36. The third-order valence-electron chi connectivity index (χ3n) is 2.27. The van der Waals surface area contributed by atoms with Gasteiger partial charge >= 0.3 is 6.09 Å². The molecule has 1 amide bonds. The first-order chi connectivity index (χ1) is 6.15. The van der Waals surface area contributed by atoms with Gasteiger partial charge in [-0.2, -0.15) is 0 Å². The average Bonchev–Trinajstić information content (AvgIpc) is 2.11. The van der Waals surface area contributed by atoms with E-state index in [9.17, 15) is 4.79 Å². The molecule has 0 aliphatic carbocycles. The Kier molecular flexibility index (Phi) is 6.32. The highest BCUT2D eigenvalue weighted by Gasteiger charge is 2.14. The molecular weight excluding hydrogens is 170 g/mol. The summed E-state index contributed by atoms with van der Waals surface area (Å²) in [6, 6.07) is 0. The number of amides is 1. The maximum Gasteiger partial charge on any atom is 0.407 e. The molecule has 0 aromatic heterocycles. The maximum absolute atomic E-state index is 10.7. The highest BCUT2D eigenvalue weighted by atomic mass is 16.4. The maximum atomic E-state index is 10.7. The summed E-state index contributed by atoms with van der Waals surface area (Å²) in [4.78, 5) is 11.9. The molecule has 13 heavy (non-hydrogen) atoms. The molecular formula is C9H19NO3. The summed E-state index contributed by atoms with van der Waals surface area (Å²) >= 11 is 0. The SMILES string of the molecule is CCC(CC)CN(CCO)C(=O)O. The van der Waals surface area contributed by atoms with Gasteiger partial charge in [0.15, 0.2) is 0 Å². The molecule has 78 valence electrons. The van der Waals surface area contributed by atoms with Crippen molar-refractivity contribution in [2.24, 2.45) is 5.92 Å². The predicted molar refractivity (Wildman–Crippen MR) is 50.8 cm³/mol. The largest absolute Gasteiger partial charge is 0.465 e. The molecule has 0 radical (unpaired) electrons. The van der Waals surface area contributed by atoms with Crippen molar-refractivity contribution in [3.8, 4) is 0 Å². The van der Waals surface area contributed by atoms with Crippen LogP contribution in [0.15, 0.2) is 0 Å². The molecule has 0 atom stereocenters. The highest BCUT2D eigenvalue weighted by Crippen LogP contribution is 2.09. The molecule has 0 saturated carbocycles. The predicted octanol–water partition coefficient (Wildman–Crippen LogP) is 1.39. The van der Waals surface area contributed by atoms with Crippen LogP contribution in [-0.2, 0) is 0 Å². The molecule has 0 aromatic rings.